The van der Waals surface area contributed by atoms with Crippen LogP contribution in [0, 0.1) is 0 Å². The molecule has 0 amide bonds. The Morgan fingerprint density at radius 1 is 1.29 bits per heavy atom. The number of ether oxygens (including phenoxy) is 1. The van der Waals surface area contributed by atoms with Crippen LogP contribution < -0.4 is 10.5 Å². The van der Waals surface area contributed by atoms with Crippen molar-refractivity contribution < 1.29 is 4.74 Å². The van der Waals surface area contributed by atoms with Crippen molar-refractivity contribution in [2.24, 2.45) is 5.73 Å². The monoisotopic (exact) mass is 232 g/mol. The zero-order valence-corrected chi connectivity index (χ0v) is 10.1. The van der Waals surface area contributed by atoms with Crippen LogP contribution in [0.1, 0.15) is 12.0 Å². The standard InChI is InChI=1S/C14H20N2O/c15-12-13-5-4-6-14(11-13)17-10-9-16-7-2-1-3-8-16/h1-2,4-6,11H,3,7-10,12,15H2. The number of hydrogen-bond donors (Lipinski definition) is 1. The first kappa shape index (κ1) is 12.1. The minimum Gasteiger partial charge on any atom is -0.492 e. The van der Waals surface area contributed by atoms with Gasteiger partial charge < -0.3 is 10.5 Å². The maximum Gasteiger partial charge on any atom is 0.119 e. The van der Waals surface area contributed by atoms with Crippen molar-refractivity contribution in [3.8, 4) is 5.75 Å². The summed E-state index contributed by atoms with van der Waals surface area (Å²) in [6, 6.07) is 7.99. The lowest BCUT2D eigenvalue weighted by atomic mass is 10.2. The second-order valence-corrected chi connectivity index (χ2v) is 4.26. The van der Waals surface area contributed by atoms with Gasteiger partial charge in [-0.15, -0.1) is 0 Å². The highest BCUT2D eigenvalue weighted by Crippen LogP contribution is 2.12. The molecule has 3 nitrogen and oxygen atoms in total. The van der Waals surface area contributed by atoms with Crippen LogP contribution in [0.15, 0.2) is 36.4 Å². The van der Waals surface area contributed by atoms with E-state index in [2.05, 4.69) is 17.1 Å². The molecule has 2 rings (SSSR count). The molecule has 0 radical (unpaired) electrons. The smallest absolute Gasteiger partial charge is 0.119 e. The third kappa shape index (κ3) is 3.88. The molecule has 0 unspecified atom stereocenters. The second kappa shape index (κ2) is 6.42. The predicted octanol–water partition coefficient (Wildman–Crippen LogP) is 1.79. The molecule has 3 heteroatoms. The fourth-order valence-electron chi connectivity index (χ4n) is 1.95. The van der Waals surface area contributed by atoms with E-state index in [-0.39, 0.29) is 0 Å². The van der Waals surface area contributed by atoms with Gasteiger partial charge in [-0.1, -0.05) is 24.3 Å². The van der Waals surface area contributed by atoms with Crippen molar-refractivity contribution in [2.75, 3.05) is 26.2 Å². The Morgan fingerprint density at radius 3 is 3.00 bits per heavy atom. The molecule has 0 atom stereocenters. The maximum absolute atomic E-state index is 5.73. The van der Waals surface area contributed by atoms with Gasteiger partial charge in [0, 0.05) is 26.2 Å². The summed E-state index contributed by atoms with van der Waals surface area (Å²) in [6.45, 7) is 4.47. The summed E-state index contributed by atoms with van der Waals surface area (Å²) >= 11 is 0. The minimum absolute atomic E-state index is 0.564. The Bertz CT molecular complexity index is 376. The van der Waals surface area contributed by atoms with Gasteiger partial charge in [-0.3, -0.25) is 4.90 Å². The van der Waals surface area contributed by atoms with Crippen molar-refractivity contribution in [1.29, 1.82) is 0 Å². The highest BCUT2D eigenvalue weighted by atomic mass is 16.5. The zero-order chi connectivity index (χ0) is 11.9. The van der Waals surface area contributed by atoms with Crippen LogP contribution in [0.3, 0.4) is 0 Å². The van der Waals surface area contributed by atoms with E-state index in [4.69, 9.17) is 10.5 Å². The van der Waals surface area contributed by atoms with E-state index in [1.807, 2.05) is 24.3 Å². The van der Waals surface area contributed by atoms with Gasteiger partial charge in [-0.25, -0.2) is 0 Å². The molecule has 0 fully saturated rings. The molecule has 0 aliphatic carbocycles. The van der Waals surface area contributed by atoms with E-state index in [9.17, 15) is 0 Å². The summed E-state index contributed by atoms with van der Waals surface area (Å²) in [7, 11) is 0. The van der Waals surface area contributed by atoms with E-state index in [1.54, 1.807) is 0 Å². The highest BCUT2D eigenvalue weighted by Gasteiger charge is 2.05. The van der Waals surface area contributed by atoms with Crippen LogP contribution in [-0.2, 0) is 6.54 Å². The Hall–Kier alpha value is -1.32. The first-order valence-electron chi connectivity index (χ1n) is 6.17. The van der Waals surface area contributed by atoms with E-state index in [1.165, 1.54) is 0 Å². The number of nitrogens with zero attached hydrogens (tertiary/aromatic N) is 1. The molecular weight excluding hydrogens is 212 g/mol. The lowest BCUT2D eigenvalue weighted by Crippen LogP contribution is -2.31. The van der Waals surface area contributed by atoms with Crippen LogP contribution >= 0.6 is 0 Å². The second-order valence-electron chi connectivity index (χ2n) is 4.26. The summed E-state index contributed by atoms with van der Waals surface area (Å²) in [4.78, 5) is 2.40. The summed E-state index contributed by atoms with van der Waals surface area (Å²) in [5, 5.41) is 0. The summed E-state index contributed by atoms with van der Waals surface area (Å²) in [5.74, 6) is 0.917. The molecular formula is C14H20N2O. The van der Waals surface area contributed by atoms with Crippen molar-refractivity contribution >= 4 is 0 Å². The molecule has 1 heterocycles. The molecule has 1 aliphatic rings. The number of nitrogens with two attached hydrogens (primary N) is 1. The number of benzene rings is 1. The van der Waals surface area contributed by atoms with Crippen molar-refractivity contribution in [3.63, 3.8) is 0 Å². The van der Waals surface area contributed by atoms with Gasteiger partial charge in [0.25, 0.3) is 0 Å². The van der Waals surface area contributed by atoms with Crippen LogP contribution in [0.25, 0.3) is 0 Å². The van der Waals surface area contributed by atoms with Crippen LogP contribution in [0.4, 0.5) is 0 Å². The van der Waals surface area contributed by atoms with Crippen LogP contribution in [0.5, 0.6) is 5.75 Å². The average Bonchev–Trinajstić information content (AvgIpc) is 2.40. The molecule has 1 aliphatic heterocycles. The largest absolute Gasteiger partial charge is 0.492 e. The Labute approximate surface area is 103 Å². The molecule has 2 N–H and O–H groups in total. The summed E-state index contributed by atoms with van der Waals surface area (Å²) in [5.41, 5.74) is 6.71. The van der Waals surface area contributed by atoms with Gasteiger partial charge in [-0.2, -0.15) is 0 Å². The van der Waals surface area contributed by atoms with Gasteiger partial charge in [0.1, 0.15) is 12.4 Å². The minimum atomic E-state index is 0.564. The summed E-state index contributed by atoms with van der Waals surface area (Å²) < 4.78 is 5.73. The quantitative estimate of drug-likeness (QED) is 0.787. The third-order valence-corrected chi connectivity index (χ3v) is 2.95. The molecule has 1 aromatic carbocycles. The third-order valence-electron chi connectivity index (χ3n) is 2.95. The lowest BCUT2D eigenvalue weighted by molar-refractivity contribution is 0.221. The van der Waals surface area contributed by atoms with Gasteiger partial charge in [0.2, 0.25) is 0 Å². The normalized spacial score (nSPS) is 16.1. The number of rotatable bonds is 5. The first-order chi connectivity index (χ1) is 8.38. The average molecular weight is 232 g/mol. The number of hydrogen-bond acceptors (Lipinski definition) is 3. The Kier molecular flexibility index (Phi) is 4.59. The van der Waals surface area contributed by atoms with E-state index >= 15 is 0 Å². The topological polar surface area (TPSA) is 38.5 Å². The zero-order valence-electron chi connectivity index (χ0n) is 10.1. The molecule has 0 spiro atoms. The van der Waals surface area contributed by atoms with Crippen LogP contribution in [-0.4, -0.2) is 31.1 Å². The Morgan fingerprint density at radius 2 is 2.24 bits per heavy atom. The molecule has 0 bridgehead atoms. The van der Waals surface area contributed by atoms with Gasteiger partial charge in [0.15, 0.2) is 0 Å². The predicted molar refractivity (Wildman–Crippen MR) is 70.0 cm³/mol. The molecule has 0 saturated heterocycles. The van der Waals surface area contributed by atoms with Crippen LogP contribution in [0.2, 0.25) is 0 Å². The lowest BCUT2D eigenvalue weighted by Gasteiger charge is -2.22. The highest BCUT2D eigenvalue weighted by molar-refractivity contribution is 5.28. The Balaban J connectivity index is 1.75. The van der Waals surface area contributed by atoms with Crippen molar-refractivity contribution in [1.82, 2.24) is 4.90 Å². The molecule has 92 valence electrons. The van der Waals surface area contributed by atoms with Crippen molar-refractivity contribution in [2.45, 2.75) is 13.0 Å². The molecule has 1 aromatic rings. The van der Waals surface area contributed by atoms with Crippen molar-refractivity contribution in [3.05, 3.63) is 42.0 Å². The van der Waals surface area contributed by atoms with Gasteiger partial charge >= 0.3 is 0 Å². The SMILES string of the molecule is NCc1cccc(OCCN2CC=CCC2)c1. The fraction of sp³-hybridized carbons (Fsp3) is 0.429. The van der Waals surface area contributed by atoms with Gasteiger partial charge in [-0.05, 0) is 24.1 Å². The van der Waals surface area contributed by atoms with E-state index < -0.39 is 0 Å². The first-order valence-corrected chi connectivity index (χ1v) is 6.17. The summed E-state index contributed by atoms with van der Waals surface area (Å²) in [6.07, 6.45) is 5.61. The molecule has 17 heavy (non-hydrogen) atoms. The fourth-order valence-corrected chi connectivity index (χ4v) is 1.95. The molecule has 0 saturated carbocycles. The maximum atomic E-state index is 5.73. The van der Waals surface area contributed by atoms with E-state index in [0.29, 0.717) is 6.54 Å². The van der Waals surface area contributed by atoms with Gasteiger partial charge in [0.05, 0.1) is 0 Å². The molecule has 0 aromatic heterocycles. The van der Waals surface area contributed by atoms with E-state index in [0.717, 1.165) is 44.0 Å².